The molecular weight excluding hydrogens is 404 g/mol. The van der Waals surface area contributed by atoms with Gasteiger partial charge in [-0.15, -0.1) is 0 Å². The van der Waals surface area contributed by atoms with Gasteiger partial charge in [0.05, 0.1) is 18.0 Å². The third-order valence-corrected chi connectivity index (χ3v) is 5.88. The minimum Gasteiger partial charge on any atom is -0.393 e. The maximum absolute atomic E-state index is 9.90. The number of hydrogen-bond donors (Lipinski definition) is 3. The van der Waals surface area contributed by atoms with Gasteiger partial charge in [-0.1, -0.05) is 13.0 Å². The van der Waals surface area contributed by atoms with Gasteiger partial charge in [0.25, 0.3) is 0 Å². The van der Waals surface area contributed by atoms with Crippen LogP contribution in [-0.4, -0.2) is 47.0 Å². The van der Waals surface area contributed by atoms with Crippen LogP contribution >= 0.6 is 0 Å². The summed E-state index contributed by atoms with van der Waals surface area (Å²) in [5, 5.41) is 17.9. The number of nitrogen functional groups attached to an aromatic ring is 1. The number of aliphatic hydroxyl groups excluding tert-OH is 1. The summed E-state index contributed by atoms with van der Waals surface area (Å²) in [7, 11) is 0. The Morgan fingerprint density at radius 1 is 1.16 bits per heavy atom. The van der Waals surface area contributed by atoms with Gasteiger partial charge in [-0.05, 0) is 44.7 Å². The first-order valence-corrected chi connectivity index (χ1v) is 10.9. The SMILES string of the molecule is CCc1nc2c(N)ncc(-c3cnn(-c4cccc(C)n4)c3)c2nc1N[C@@H]1CC[C@H](O)C1. The van der Waals surface area contributed by atoms with Crippen LogP contribution in [0.2, 0.25) is 0 Å². The lowest BCUT2D eigenvalue weighted by molar-refractivity contribution is 0.182. The highest BCUT2D eigenvalue weighted by molar-refractivity contribution is 5.96. The third kappa shape index (κ3) is 3.75. The number of nitrogens with zero attached hydrogens (tertiary/aromatic N) is 6. The summed E-state index contributed by atoms with van der Waals surface area (Å²) >= 11 is 0. The predicted octanol–water partition coefficient (Wildman–Crippen LogP) is 3.05. The molecule has 0 aliphatic heterocycles. The number of rotatable bonds is 5. The Hall–Kier alpha value is -3.59. The number of fused-ring (bicyclic) bond motifs is 1. The Kier molecular flexibility index (Phi) is 5.18. The maximum atomic E-state index is 9.90. The van der Waals surface area contributed by atoms with Gasteiger partial charge in [-0.2, -0.15) is 5.10 Å². The number of hydrogen-bond acceptors (Lipinski definition) is 8. The van der Waals surface area contributed by atoms with E-state index in [1.807, 2.05) is 38.2 Å². The number of pyridine rings is 2. The molecule has 1 fully saturated rings. The van der Waals surface area contributed by atoms with Crippen molar-refractivity contribution >= 4 is 22.7 Å². The lowest BCUT2D eigenvalue weighted by Crippen LogP contribution is -2.19. The molecule has 1 saturated carbocycles. The van der Waals surface area contributed by atoms with E-state index in [1.165, 1.54) is 0 Å². The normalized spacial score (nSPS) is 18.3. The average Bonchev–Trinajstić information content (AvgIpc) is 3.43. The fourth-order valence-electron chi connectivity index (χ4n) is 4.19. The molecular formula is C23H26N8O. The van der Waals surface area contributed by atoms with E-state index in [-0.39, 0.29) is 12.1 Å². The van der Waals surface area contributed by atoms with Crippen LogP contribution in [-0.2, 0) is 6.42 Å². The molecule has 0 spiro atoms. The van der Waals surface area contributed by atoms with E-state index >= 15 is 0 Å². The highest BCUT2D eigenvalue weighted by Crippen LogP contribution is 2.32. The van der Waals surface area contributed by atoms with Crippen molar-refractivity contribution in [1.29, 1.82) is 0 Å². The van der Waals surface area contributed by atoms with Crippen molar-refractivity contribution in [3.05, 3.63) is 48.2 Å². The summed E-state index contributed by atoms with van der Waals surface area (Å²) in [5.74, 6) is 1.82. The molecule has 0 saturated heterocycles. The van der Waals surface area contributed by atoms with Crippen LogP contribution in [0.1, 0.15) is 37.6 Å². The molecule has 9 heteroatoms. The van der Waals surface area contributed by atoms with Gasteiger partial charge < -0.3 is 16.2 Å². The van der Waals surface area contributed by atoms with Crippen LogP contribution in [0.5, 0.6) is 0 Å². The molecule has 1 aliphatic carbocycles. The van der Waals surface area contributed by atoms with Crippen LogP contribution in [0.3, 0.4) is 0 Å². The van der Waals surface area contributed by atoms with E-state index in [0.29, 0.717) is 29.7 Å². The molecule has 0 amide bonds. The van der Waals surface area contributed by atoms with Crippen molar-refractivity contribution in [2.75, 3.05) is 11.1 Å². The second-order valence-corrected chi connectivity index (χ2v) is 8.25. The lowest BCUT2D eigenvalue weighted by atomic mass is 10.1. The van der Waals surface area contributed by atoms with Gasteiger partial charge in [0.1, 0.15) is 16.9 Å². The number of nitrogens with one attached hydrogen (secondary N) is 1. The second-order valence-electron chi connectivity index (χ2n) is 8.25. The Labute approximate surface area is 185 Å². The van der Waals surface area contributed by atoms with E-state index in [4.69, 9.17) is 15.7 Å². The summed E-state index contributed by atoms with van der Waals surface area (Å²) in [4.78, 5) is 18.6. The van der Waals surface area contributed by atoms with Gasteiger partial charge in [0.15, 0.2) is 11.6 Å². The number of aromatic nitrogens is 6. The minimum absolute atomic E-state index is 0.180. The van der Waals surface area contributed by atoms with Crippen molar-refractivity contribution in [3.8, 4) is 16.9 Å². The standard InChI is InChI=1S/C23H26N8O/c1-3-18-23(28-15-7-8-16(32)9-15)30-20-17(11-25-22(24)21(20)29-18)14-10-26-31(12-14)19-6-4-5-13(2)27-19/h4-6,10-12,15-16,32H,3,7-9H2,1-2H3,(H2,24,25)(H,28,30)/t15-,16+/m1/s1. The summed E-state index contributed by atoms with van der Waals surface area (Å²) in [5.41, 5.74) is 10.8. The van der Waals surface area contributed by atoms with E-state index in [2.05, 4.69) is 20.4 Å². The molecule has 4 heterocycles. The van der Waals surface area contributed by atoms with Crippen molar-refractivity contribution in [1.82, 2.24) is 29.7 Å². The number of nitrogens with two attached hydrogens (primary N) is 1. The molecule has 1 aliphatic rings. The molecule has 164 valence electrons. The largest absolute Gasteiger partial charge is 0.393 e. The summed E-state index contributed by atoms with van der Waals surface area (Å²) in [6, 6.07) is 5.99. The van der Waals surface area contributed by atoms with E-state index in [9.17, 15) is 5.11 Å². The Morgan fingerprint density at radius 3 is 2.78 bits per heavy atom. The van der Waals surface area contributed by atoms with E-state index < -0.39 is 0 Å². The van der Waals surface area contributed by atoms with Crippen molar-refractivity contribution in [2.24, 2.45) is 0 Å². The van der Waals surface area contributed by atoms with Gasteiger partial charge >= 0.3 is 0 Å². The summed E-state index contributed by atoms with van der Waals surface area (Å²) < 4.78 is 1.73. The van der Waals surface area contributed by atoms with Gasteiger partial charge in [0.2, 0.25) is 0 Å². The predicted molar refractivity (Wildman–Crippen MR) is 123 cm³/mol. The van der Waals surface area contributed by atoms with Gasteiger partial charge in [0, 0.05) is 35.3 Å². The molecule has 32 heavy (non-hydrogen) atoms. The fraction of sp³-hybridized carbons (Fsp3) is 0.348. The first-order chi connectivity index (χ1) is 15.5. The summed E-state index contributed by atoms with van der Waals surface area (Å²) in [6.45, 7) is 3.99. The zero-order valence-electron chi connectivity index (χ0n) is 18.2. The second kappa shape index (κ2) is 8.16. The van der Waals surface area contributed by atoms with Gasteiger partial charge in [-0.25, -0.2) is 24.6 Å². The lowest BCUT2D eigenvalue weighted by Gasteiger charge is -2.17. The zero-order valence-corrected chi connectivity index (χ0v) is 18.2. The van der Waals surface area contributed by atoms with Crippen molar-refractivity contribution < 1.29 is 5.11 Å². The highest BCUT2D eigenvalue weighted by Gasteiger charge is 2.24. The molecule has 4 N–H and O–H groups in total. The maximum Gasteiger partial charge on any atom is 0.153 e. The molecule has 0 bridgehead atoms. The fourth-order valence-corrected chi connectivity index (χ4v) is 4.19. The molecule has 5 rings (SSSR count). The first-order valence-electron chi connectivity index (χ1n) is 10.9. The summed E-state index contributed by atoms with van der Waals surface area (Å²) in [6.07, 6.45) is 8.26. The van der Waals surface area contributed by atoms with Crippen molar-refractivity contribution in [3.63, 3.8) is 0 Å². The zero-order chi connectivity index (χ0) is 22.2. The average molecular weight is 431 g/mol. The highest BCUT2D eigenvalue weighted by atomic mass is 16.3. The number of aliphatic hydroxyl groups is 1. The topological polar surface area (TPSA) is 128 Å². The van der Waals surface area contributed by atoms with Crippen LogP contribution in [0, 0.1) is 6.92 Å². The number of anilines is 2. The van der Waals surface area contributed by atoms with Crippen LogP contribution < -0.4 is 11.1 Å². The van der Waals surface area contributed by atoms with Crippen molar-refractivity contribution in [2.45, 2.75) is 51.7 Å². The molecule has 0 radical (unpaired) electrons. The monoisotopic (exact) mass is 430 g/mol. The Bertz CT molecular complexity index is 1280. The minimum atomic E-state index is -0.262. The molecule has 4 aromatic heterocycles. The number of aryl methyl sites for hydroxylation is 2. The molecule has 2 atom stereocenters. The molecule has 9 nitrogen and oxygen atoms in total. The van der Waals surface area contributed by atoms with Crippen LogP contribution in [0.15, 0.2) is 36.8 Å². The Morgan fingerprint density at radius 2 is 2.03 bits per heavy atom. The van der Waals surface area contributed by atoms with E-state index in [1.54, 1.807) is 17.1 Å². The Balaban J connectivity index is 1.59. The molecule has 4 aromatic rings. The molecule has 0 unspecified atom stereocenters. The van der Waals surface area contributed by atoms with Crippen LogP contribution in [0.25, 0.3) is 28.0 Å². The van der Waals surface area contributed by atoms with E-state index in [0.717, 1.165) is 47.0 Å². The quantitative estimate of drug-likeness (QED) is 0.441. The van der Waals surface area contributed by atoms with Crippen LogP contribution in [0.4, 0.5) is 11.6 Å². The molecule has 0 aromatic carbocycles. The third-order valence-electron chi connectivity index (χ3n) is 5.88. The first kappa shape index (κ1) is 20.3. The van der Waals surface area contributed by atoms with Gasteiger partial charge in [-0.3, -0.25) is 0 Å². The smallest absolute Gasteiger partial charge is 0.153 e.